The molecule has 4 rings (SSSR count). The summed E-state index contributed by atoms with van der Waals surface area (Å²) in [5.41, 5.74) is 7.17. The third-order valence-electron chi connectivity index (χ3n) is 5.53. The van der Waals surface area contributed by atoms with Crippen molar-refractivity contribution in [2.24, 2.45) is 0 Å². The molecule has 114 valence electrons. The Hall–Kier alpha value is -1.76. The zero-order valence-corrected chi connectivity index (χ0v) is 13.5. The molecule has 1 aliphatic carbocycles. The number of fused-ring (bicyclic) bond motifs is 1. The Labute approximate surface area is 134 Å². The van der Waals surface area contributed by atoms with Crippen molar-refractivity contribution >= 4 is 5.69 Å². The van der Waals surface area contributed by atoms with Gasteiger partial charge in [-0.25, -0.2) is 0 Å². The van der Waals surface area contributed by atoms with Gasteiger partial charge in [0.25, 0.3) is 0 Å². The highest BCUT2D eigenvalue weighted by molar-refractivity contribution is 5.70. The van der Waals surface area contributed by atoms with Crippen molar-refractivity contribution in [3.63, 3.8) is 0 Å². The molecule has 1 nitrogen and oxygen atoms in total. The minimum Gasteiger partial charge on any atom is -0.374 e. The van der Waals surface area contributed by atoms with Crippen LogP contribution in [-0.4, -0.2) is 13.6 Å². The van der Waals surface area contributed by atoms with Crippen LogP contribution in [0.15, 0.2) is 42.5 Å². The van der Waals surface area contributed by atoms with Crippen LogP contribution >= 0.6 is 0 Å². The van der Waals surface area contributed by atoms with Crippen molar-refractivity contribution in [3.8, 4) is 11.1 Å². The Morgan fingerprint density at radius 3 is 2.36 bits per heavy atom. The lowest BCUT2D eigenvalue weighted by atomic mass is 9.83. The molecule has 0 atom stereocenters. The summed E-state index contributed by atoms with van der Waals surface area (Å²) in [6.45, 7) is 1.15. The van der Waals surface area contributed by atoms with E-state index in [9.17, 15) is 0 Å². The molecule has 2 aromatic rings. The predicted octanol–water partition coefficient (Wildman–Crippen LogP) is 5.39. The van der Waals surface area contributed by atoms with Gasteiger partial charge in [0.1, 0.15) is 0 Å². The third-order valence-corrected chi connectivity index (χ3v) is 5.53. The van der Waals surface area contributed by atoms with E-state index in [1.165, 1.54) is 60.9 Å². The maximum atomic E-state index is 2.38. The summed E-state index contributed by atoms with van der Waals surface area (Å²) in [6.07, 6.45) is 8.18. The minimum absolute atomic E-state index is 0.802. The average molecular weight is 291 g/mol. The largest absolute Gasteiger partial charge is 0.374 e. The summed E-state index contributed by atoms with van der Waals surface area (Å²) >= 11 is 0. The summed E-state index contributed by atoms with van der Waals surface area (Å²) in [6, 6.07) is 16.3. The van der Waals surface area contributed by atoms with Crippen molar-refractivity contribution in [2.45, 2.75) is 44.4 Å². The topological polar surface area (TPSA) is 3.24 Å². The second kappa shape index (κ2) is 5.79. The van der Waals surface area contributed by atoms with Gasteiger partial charge in [-0.05, 0) is 59.6 Å². The Bertz CT molecular complexity index is 650. The van der Waals surface area contributed by atoms with Crippen LogP contribution in [0.25, 0.3) is 11.1 Å². The molecule has 2 aromatic carbocycles. The molecular weight excluding hydrogens is 266 g/mol. The normalized spacial score (nSPS) is 18.5. The molecule has 1 aliphatic heterocycles. The molecule has 0 radical (unpaired) electrons. The molecule has 0 aromatic heterocycles. The number of hydrogen-bond acceptors (Lipinski definition) is 1. The van der Waals surface area contributed by atoms with Crippen molar-refractivity contribution in [1.29, 1.82) is 0 Å². The molecule has 1 fully saturated rings. The van der Waals surface area contributed by atoms with Gasteiger partial charge in [0.05, 0.1) is 0 Å². The van der Waals surface area contributed by atoms with Gasteiger partial charge in [-0.3, -0.25) is 0 Å². The monoisotopic (exact) mass is 291 g/mol. The van der Waals surface area contributed by atoms with Crippen molar-refractivity contribution in [2.75, 3.05) is 18.5 Å². The minimum atomic E-state index is 0.802. The van der Waals surface area contributed by atoms with Gasteiger partial charge in [-0.2, -0.15) is 0 Å². The number of hydrogen-bond donors (Lipinski definition) is 0. The first-order chi connectivity index (χ1) is 10.8. The van der Waals surface area contributed by atoms with Gasteiger partial charge in [0.2, 0.25) is 0 Å². The summed E-state index contributed by atoms with van der Waals surface area (Å²) in [7, 11) is 2.18. The first-order valence-electron chi connectivity index (χ1n) is 8.76. The maximum absolute atomic E-state index is 2.38. The molecule has 1 heteroatoms. The second-order valence-electron chi connectivity index (χ2n) is 6.97. The highest BCUT2D eigenvalue weighted by Gasteiger charge is 2.17. The van der Waals surface area contributed by atoms with Gasteiger partial charge in [-0.15, -0.1) is 0 Å². The quantitative estimate of drug-likeness (QED) is 0.716. The molecule has 1 saturated carbocycles. The third kappa shape index (κ3) is 2.54. The summed E-state index contributed by atoms with van der Waals surface area (Å²) in [5, 5.41) is 0. The summed E-state index contributed by atoms with van der Waals surface area (Å²) in [5.74, 6) is 0.802. The van der Waals surface area contributed by atoms with Crippen LogP contribution in [0.5, 0.6) is 0 Å². The second-order valence-corrected chi connectivity index (χ2v) is 6.97. The first-order valence-corrected chi connectivity index (χ1v) is 8.76. The standard InChI is InChI=1S/C21H25N/c1-22-14-13-20-15-19(11-12-21(20)22)18-9-7-17(8-10-18)16-5-3-2-4-6-16/h7-12,15-16H,2-6,13-14H2,1H3. The van der Waals surface area contributed by atoms with Crippen LogP contribution in [0.2, 0.25) is 0 Å². The molecule has 22 heavy (non-hydrogen) atoms. The molecule has 0 unspecified atom stereocenters. The summed E-state index contributed by atoms with van der Waals surface area (Å²) in [4.78, 5) is 2.35. The predicted molar refractivity (Wildman–Crippen MR) is 94.7 cm³/mol. The highest BCUT2D eigenvalue weighted by atomic mass is 15.1. The van der Waals surface area contributed by atoms with Crippen LogP contribution < -0.4 is 4.90 Å². The van der Waals surface area contributed by atoms with Crippen molar-refractivity contribution in [3.05, 3.63) is 53.6 Å². The van der Waals surface area contributed by atoms with E-state index < -0.39 is 0 Å². The number of benzene rings is 2. The van der Waals surface area contributed by atoms with Crippen LogP contribution in [0.1, 0.15) is 49.1 Å². The molecule has 0 saturated heterocycles. The Balaban J connectivity index is 1.58. The molecule has 0 spiro atoms. The van der Waals surface area contributed by atoms with E-state index in [1.807, 2.05) is 0 Å². The Morgan fingerprint density at radius 2 is 1.59 bits per heavy atom. The van der Waals surface area contributed by atoms with Gasteiger partial charge in [-0.1, -0.05) is 49.6 Å². The van der Waals surface area contributed by atoms with E-state index in [2.05, 4.69) is 54.4 Å². The van der Waals surface area contributed by atoms with Crippen LogP contribution in [0.4, 0.5) is 5.69 Å². The van der Waals surface area contributed by atoms with Crippen molar-refractivity contribution < 1.29 is 0 Å². The lowest BCUT2D eigenvalue weighted by Gasteiger charge is -2.22. The molecule has 1 heterocycles. The molecule has 0 N–H and O–H groups in total. The highest BCUT2D eigenvalue weighted by Crippen LogP contribution is 2.35. The number of rotatable bonds is 2. The van der Waals surface area contributed by atoms with E-state index in [-0.39, 0.29) is 0 Å². The van der Waals surface area contributed by atoms with E-state index in [4.69, 9.17) is 0 Å². The number of likely N-dealkylation sites (N-methyl/N-ethyl adjacent to an activating group) is 1. The van der Waals surface area contributed by atoms with E-state index in [1.54, 1.807) is 5.56 Å². The average Bonchev–Trinajstić information content (AvgIpc) is 2.96. The van der Waals surface area contributed by atoms with E-state index >= 15 is 0 Å². The van der Waals surface area contributed by atoms with E-state index in [0.29, 0.717) is 0 Å². The lowest BCUT2D eigenvalue weighted by molar-refractivity contribution is 0.443. The van der Waals surface area contributed by atoms with Gasteiger partial charge < -0.3 is 4.90 Å². The molecular formula is C21H25N. The maximum Gasteiger partial charge on any atom is 0.0397 e. The SMILES string of the molecule is CN1CCc2cc(-c3ccc(C4CCCCC4)cc3)ccc21. The van der Waals surface area contributed by atoms with Gasteiger partial charge >= 0.3 is 0 Å². The van der Waals surface area contributed by atoms with E-state index in [0.717, 1.165) is 12.5 Å². The molecule has 0 amide bonds. The zero-order chi connectivity index (χ0) is 14.9. The fraction of sp³-hybridized carbons (Fsp3) is 0.429. The Morgan fingerprint density at radius 1 is 0.864 bits per heavy atom. The van der Waals surface area contributed by atoms with Crippen molar-refractivity contribution in [1.82, 2.24) is 0 Å². The first kappa shape index (κ1) is 13.9. The summed E-state index contributed by atoms with van der Waals surface area (Å²) < 4.78 is 0. The smallest absolute Gasteiger partial charge is 0.0397 e. The molecule has 0 bridgehead atoms. The van der Waals surface area contributed by atoms with Crippen LogP contribution in [0, 0.1) is 0 Å². The van der Waals surface area contributed by atoms with Crippen LogP contribution in [0.3, 0.4) is 0 Å². The fourth-order valence-corrected chi connectivity index (χ4v) is 4.13. The fourth-order valence-electron chi connectivity index (χ4n) is 4.13. The Kier molecular flexibility index (Phi) is 3.65. The van der Waals surface area contributed by atoms with Crippen LogP contribution in [-0.2, 0) is 6.42 Å². The van der Waals surface area contributed by atoms with Gasteiger partial charge in [0, 0.05) is 19.3 Å². The van der Waals surface area contributed by atoms with Gasteiger partial charge in [0.15, 0.2) is 0 Å². The molecule has 2 aliphatic rings. The zero-order valence-electron chi connectivity index (χ0n) is 13.5. The number of anilines is 1. The number of nitrogens with zero attached hydrogens (tertiary/aromatic N) is 1. The lowest BCUT2D eigenvalue weighted by Crippen LogP contribution is -2.12.